The molecule has 2 aliphatic rings. The Labute approximate surface area is 443 Å². The van der Waals surface area contributed by atoms with Crippen LogP contribution in [0.3, 0.4) is 0 Å². The third-order valence-electron chi connectivity index (χ3n) is 11.7. The van der Waals surface area contributed by atoms with Crippen molar-refractivity contribution in [2.45, 2.75) is 199 Å². The molecule has 0 bridgehead atoms. The fourth-order valence-corrected chi connectivity index (χ4v) is 6.92. The van der Waals surface area contributed by atoms with Crippen LogP contribution in [-0.4, -0.2) is 118 Å². The lowest BCUT2D eigenvalue weighted by atomic mass is 9.92. The number of hydrogen-bond donors (Lipinski definition) is 0. The molecule has 2 heterocycles. The lowest BCUT2D eigenvalue weighted by Gasteiger charge is -2.50. The van der Waals surface area contributed by atoms with Gasteiger partial charge in [-0.3, -0.25) is 28.8 Å². The first-order valence-corrected chi connectivity index (χ1v) is 25.5. The minimum atomic E-state index is -1.79. The second-order valence-corrected chi connectivity index (χ2v) is 25.3. The van der Waals surface area contributed by atoms with Crippen LogP contribution >= 0.6 is 0 Å². The number of methoxy groups -OCH3 is 1. The average molecular weight is 1060 g/mol. The average Bonchev–Trinajstić information content (AvgIpc) is 3.29. The van der Waals surface area contributed by atoms with Gasteiger partial charge in [-0.15, -0.1) is 0 Å². The Balaban J connectivity index is 2.05. The zero-order chi connectivity index (χ0) is 56.6. The van der Waals surface area contributed by atoms with E-state index in [4.69, 9.17) is 56.8 Å². The maximum atomic E-state index is 14.3. The fourth-order valence-electron chi connectivity index (χ4n) is 6.92. The molecule has 0 unspecified atom stereocenters. The van der Waals surface area contributed by atoms with E-state index in [9.17, 15) is 28.8 Å². The van der Waals surface area contributed by atoms with E-state index >= 15 is 0 Å². The van der Waals surface area contributed by atoms with Crippen LogP contribution in [0.4, 0.5) is 0 Å². The Morgan fingerprint density at radius 2 is 0.760 bits per heavy atom. The first-order chi connectivity index (χ1) is 34.4. The zero-order valence-corrected chi connectivity index (χ0v) is 47.6. The van der Waals surface area contributed by atoms with Gasteiger partial charge in [0, 0.05) is 0 Å². The number of benzene rings is 2. The molecule has 75 heavy (non-hydrogen) atoms. The Morgan fingerprint density at radius 3 is 1.19 bits per heavy atom. The zero-order valence-electron chi connectivity index (χ0n) is 47.6. The van der Waals surface area contributed by atoms with Gasteiger partial charge >= 0.3 is 35.8 Å². The first-order valence-electron chi connectivity index (χ1n) is 25.5. The Morgan fingerprint density at radius 1 is 0.400 bits per heavy atom. The second kappa shape index (κ2) is 24.9. The summed E-state index contributed by atoms with van der Waals surface area (Å²) in [6, 6.07) is 16.1. The van der Waals surface area contributed by atoms with Crippen molar-refractivity contribution in [1.29, 1.82) is 0 Å². The standard InChI is InChI=1S/C57H84O18/c1-52(2,3)46(58)67-31-36-38(72-48(60)54(7,8)9)40(65-29-34-25-27-35(64-19)28-26-34)42(74-50(62)56(13,14)15)45(70-36)71-39-37(32-68-47(59)53(4,5)6)69-44(66-30-33-23-21-20-22-24-33)43(75-51(63)57(16,17)18)41(39)73-49(61)55(10,11)12/h20-28,36-45H,29-32H2,1-19H3/t36-,37-,38+,39-,40+,41+,42-,43-,44-,45+/m1/s1. The van der Waals surface area contributed by atoms with Crippen molar-refractivity contribution in [2.75, 3.05) is 20.3 Å². The molecule has 0 amide bonds. The van der Waals surface area contributed by atoms with Crippen molar-refractivity contribution in [3.05, 3.63) is 65.7 Å². The largest absolute Gasteiger partial charge is 0.497 e. The summed E-state index contributed by atoms with van der Waals surface area (Å²) in [5.41, 5.74) is -5.13. The summed E-state index contributed by atoms with van der Waals surface area (Å²) < 4.78 is 76.2. The highest BCUT2D eigenvalue weighted by atomic mass is 16.8. The van der Waals surface area contributed by atoms with Crippen molar-refractivity contribution in [3.8, 4) is 5.75 Å². The molecule has 0 aromatic heterocycles. The van der Waals surface area contributed by atoms with Crippen LogP contribution in [0.1, 0.15) is 136 Å². The molecule has 0 radical (unpaired) electrons. The van der Waals surface area contributed by atoms with Crippen LogP contribution in [0.25, 0.3) is 0 Å². The third kappa shape index (κ3) is 18.0. The van der Waals surface area contributed by atoms with Crippen LogP contribution < -0.4 is 4.74 Å². The third-order valence-corrected chi connectivity index (χ3v) is 11.7. The summed E-state index contributed by atoms with van der Waals surface area (Å²) in [6.07, 6.45) is -15.4. The lowest BCUT2D eigenvalue weighted by Crippen LogP contribution is -2.67. The van der Waals surface area contributed by atoms with Gasteiger partial charge in [0.05, 0.1) is 52.8 Å². The molecular weight excluding hydrogens is 973 g/mol. The molecule has 0 spiro atoms. The number of esters is 6. The predicted octanol–water partition coefficient (Wildman–Crippen LogP) is 8.64. The fraction of sp³-hybridized carbons (Fsp3) is 0.684. The molecule has 2 saturated heterocycles. The number of rotatable bonds is 17. The molecule has 10 atom stereocenters. The van der Waals surface area contributed by atoms with E-state index in [1.807, 2.05) is 30.3 Å². The minimum Gasteiger partial charge on any atom is -0.497 e. The molecule has 4 rings (SSSR count). The van der Waals surface area contributed by atoms with Gasteiger partial charge in [0.1, 0.15) is 43.4 Å². The molecule has 2 fully saturated rings. The molecule has 0 saturated carbocycles. The molecule has 0 N–H and O–H groups in total. The summed E-state index contributed by atoms with van der Waals surface area (Å²) in [5.74, 6) is -3.60. The van der Waals surface area contributed by atoms with Gasteiger partial charge in [0.25, 0.3) is 0 Å². The van der Waals surface area contributed by atoms with E-state index in [-0.39, 0.29) is 13.2 Å². The predicted molar refractivity (Wildman–Crippen MR) is 273 cm³/mol. The first kappa shape index (κ1) is 62.4. The Hall–Kier alpha value is -5.14. The van der Waals surface area contributed by atoms with Crippen LogP contribution in [-0.2, 0) is 94.1 Å². The molecule has 2 aromatic carbocycles. The van der Waals surface area contributed by atoms with E-state index < -0.39 is 143 Å². The number of hydrogen-bond acceptors (Lipinski definition) is 18. The van der Waals surface area contributed by atoms with E-state index in [2.05, 4.69) is 0 Å². The highest BCUT2D eigenvalue weighted by molar-refractivity contribution is 5.78. The maximum absolute atomic E-state index is 14.3. The van der Waals surface area contributed by atoms with Gasteiger partial charge in [-0.05, 0) is 148 Å². The van der Waals surface area contributed by atoms with Gasteiger partial charge in [0.15, 0.2) is 37.0 Å². The second-order valence-electron chi connectivity index (χ2n) is 25.3. The van der Waals surface area contributed by atoms with E-state index in [0.717, 1.165) is 5.56 Å². The molecule has 2 aromatic rings. The molecule has 18 nitrogen and oxygen atoms in total. The summed E-state index contributed by atoms with van der Waals surface area (Å²) in [5, 5.41) is 0. The van der Waals surface area contributed by atoms with Gasteiger partial charge < -0.3 is 56.8 Å². The smallest absolute Gasteiger partial charge is 0.311 e. The number of carbonyl (C=O) groups is 6. The highest BCUT2D eigenvalue weighted by Crippen LogP contribution is 2.39. The van der Waals surface area contributed by atoms with Crippen molar-refractivity contribution < 1.29 is 85.6 Å². The van der Waals surface area contributed by atoms with Gasteiger partial charge in [-0.2, -0.15) is 0 Å². The molecule has 18 heteroatoms. The van der Waals surface area contributed by atoms with Crippen molar-refractivity contribution in [1.82, 2.24) is 0 Å². The van der Waals surface area contributed by atoms with E-state index in [0.29, 0.717) is 11.3 Å². The van der Waals surface area contributed by atoms with Gasteiger partial charge in [-0.1, -0.05) is 42.5 Å². The number of carbonyl (C=O) groups excluding carboxylic acids is 6. The van der Waals surface area contributed by atoms with Crippen LogP contribution in [0.2, 0.25) is 0 Å². The number of ether oxygens (including phenoxy) is 12. The molecule has 2 aliphatic heterocycles. The monoisotopic (exact) mass is 1060 g/mol. The van der Waals surface area contributed by atoms with Gasteiger partial charge in [0.2, 0.25) is 0 Å². The van der Waals surface area contributed by atoms with Crippen molar-refractivity contribution >= 4 is 35.8 Å². The molecule has 420 valence electrons. The van der Waals surface area contributed by atoms with Crippen molar-refractivity contribution in [3.63, 3.8) is 0 Å². The topological polar surface area (TPSA) is 213 Å². The van der Waals surface area contributed by atoms with Crippen molar-refractivity contribution in [2.24, 2.45) is 32.5 Å². The highest BCUT2D eigenvalue weighted by Gasteiger charge is 2.59. The molecular formula is C57H84O18. The minimum absolute atomic E-state index is 0.0670. The normalized spacial score (nSPS) is 24.8. The Kier molecular flexibility index (Phi) is 20.7. The van der Waals surface area contributed by atoms with Crippen LogP contribution in [0.5, 0.6) is 5.75 Å². The van der Waals surface area contributed by atoms with Crippen LogP contribution in [0, 0.1) is 32.5 Å². The summed E-state index contributed by atoms with van der Waals surface area (Å²) in [6.45, 7) is 28.4. The summed E-state index contributed by atoms with van der Waals surface area (Å²) >= 11 is 0. The summed E-state index contributed by atoms with van der Waals surface area (Å²) in [4.78, 5) is 83.8. The maximum Gasteiger partial charge on any atom is 0.311 e. The van der Waals surface area contributed by atoms with Gasteiger partial charge in [-0.25, -0.2) is 0 Å². The summed E-state index contributed by atoms with van der Waals surface area (Å²) in [7, 11) is 1.53. The Bertz CT molecular complexity index is 2230. The lowest BCUT2D eigenvalue weighted by molar-refractivity contribution is -0.366. The van der Waals surface area contributed by atoms with E-state index in [1.165, 1.54) is 7.11 Å². The SMILES string of the molecule is COc1ccc(CO[C@H]2[C@@H](OC(=O)C(C)(C)C)[C@@H](COC(=O)C(C)(C)C)O[C@@H](O[C@H]3[C@H](OC(=O)C(C)(C)C)[C@@H](OC(=O)C(C)(C)C)[C@H](OCc4ccccc4)O[C@@H]3COC(=O)C(C)(C)C)[C@@H]2OC(=O)C(C)(C)C)cc1. The van der Waals surface area contributed by atoms with E-state index in [1.54, 1.807) is 149 Å². The van der Waals surface area contributed by atoms with Crippen LogP contribution in [0.15, 0.2) is 54.6 Å². The quantitative estimate of drug-likeness (QED) is 0.107. The molecule has 0 aliphatic carbocycles.